The van der Waals surface area contributed by atoms with Crippen LogP contribution < -0.4 is 15.4 Å². The van der Waals surface area contributed by atoms with Crippen LogP contribution in [0.15, 0.2) is 28.9 Å². The number of aromatic nitrogens is 4. The summed E-state index contributed by atoms with van der Waals surface area (Å²) >= 11 is 1.11. The molecule has 15 heteroatoms. The summed E-state index contributed by atoms with van der Waals surface area (Å²) in [7, 11) is 3.03. The van der Waals surface area contributed by atoms with Crippen LogP contribution in [0, 0.1) is 0 Å². The fourth-order valence-electron chi connectivity index (χ4n) is 6.57. The number of benzene rings is 1. The molecule has 5 atom stereocenters. The van der Waals surface area contributed by atoms with Crippen molar-refractivity contribution in [3.05, 3.63) is 41.4 Å². The van der Waals surface area contributed by atoms with Crippen molar-refractivity contribution in [3.8, 4) is 16.6 Å². The van der Waals surface area contributed by atoms with Crippen molar-refractivity contribution >= 4 is 33.0 Å². The second kappa shape index (κ2) is 9.93. The molecule has 1 amide bonds. The van der Waals surface area contributed by atoms with Crippen LogP contribution in [0.1, 0.15) is 41.1 Å². The average molecular weight is 606 g/mol. The molecule has 0 bridgehead atoms. The minimum Gasteiger partial charge on any atom is -0.479 e. The van der Waals surface area contributed by atoms with Gasteiger partial charge in [0.05, 0.1) is 41.4 Å². The molecule has 4 aromatic rings. The zero-order chi connectivity index (χ0) is 29.3. The molecule has 6 heterocycles. The maximum absolute atomic E-state index is 15.4. The van der Waals surface area contributed by atoms with Gasteiger partial charge in [-0.1, -0.05) is 17.3 Å². The Labute approximate surface area is 241 Å². The Kier molecular flexibility index (Phi) is 6.42. The monoisotopic (exact) mass is 605 g/mol. The third-order valence-corrected chi connectivity index (χ3v) is 9.68. The molecular weight excluding hydrogens is 578 g/mol. The standard InChI is InChI=1S/C27H27F4N7O3S/c1-37-11-16(26(35-37)40-2)25(39)32-10-20-34-24(36-41-20)23-15(9-27(29,30)31)14-4-3-5-17(22(14)42-23)33-18-7-12-6-13-8-19(21(18)28)38(12)13/h3-5,11-13,18-19,21,33H,6-10H2,1-2H3,(H,32,39)/t12-,13?,18-,19-,21-/m1/s1. The first kappa shape index (κ1) is 27.1. The quantitative estimate of drug-likeness (QED) is 0.283. The van der Waals surface area contributed by atoms with Gasteiger partial charge in [0.25, 0.3) is 5.91 Å². The van der Waals surface area contributed by atoms with E-state index in [-0.39, 0.29) is 46.2 Å². The number of rotatable bonds is 8. The van der Waals surface area contributed by atoms with E-state index < -0.39 is 30.7 Å². The minimum absolute atomic E-state index is 0.0151. The molecule has 3 aliphatic heterocycles. The van der Waals surface area contributed by atoms with Gasteiger partial charge in [0, 0.05) is 31.4 Å². The molecule has 3 saturated heterocycles. The van der Waals surface area contributed by atoms with Crippen LogP contribution in [-0.2, 0) is 20.0 Å². The number of alkyl halides is 4. The van der Waals surface area contributed by atoms with E-state index in [2.05, 4.69) is 30.8 Å². The Hall–Kier alpha value is -3.72. The molecule has 0 saturated carbocycles. The summed E-state index contributed by atoms with van der Waals surface area (Å²) in [5, 5.41) is 14.3. The van der Waals surface area contributed by atoms with Crippen LogP contribution in [0.5, 0.6) is 5.88 Å². The van der Waals surface area contributed by atoms with E-state index in [1.165, 1.54) is 18.0 Å². The second-order valence-electron chi connectivity index (χ2n) is 11.0. The van der Waals surface area contributed by atoms with Crippen molar-refractivity contribution in [2.75, 3.05) is 12.4 Å². The van der Waals surface area contributed by atoms with Gasteiger partial charge in [0.2, 0.25) is 17.6 Å². The number of anilines is 1. The topological polar surface area (TPSA) is 110 Å². The Morgan fingerprint density at radius 3 is 2.81 bits per heavy atom. The van der Waals surface area contributed by atoms with Crippen LogP contribution >= 0.6 is 11.3 Å². The van der Waals surface area contributed by atoms with Gasteiger partial charge in [-0.3, -0.25) is 14.4 Å². The van der Waals surface area contributed by atoms with E-state index in [9.17, 15) is 18.0 Å². The SMILES string of the molecule is COc1nn(C)cc1C(=O)NCc1nc(-c2sc3c(N[C@@H]4C[C@H]5CC6C[C@H]([C@@H]4F)N65)cccc3c2CC(F)(F)F)no1. The van der Waals surface area contributed by atoms with Gasteiger partial charge in [0.1, 0.15) is 11.7 Å². The summed E-state index contributed by atoms with van der Waals surface area (Å²) in [6.07, 6.45) is -2.66. The largest absolute Gasteiger partial charge is 0.479 e. The van der Waals surface area contributed by atoms with E-state index in [0.717, 1.165) is 24.2 Å². The number of ether oxygens (including phenoxy) is 1. The predicted octanol–water partition coefficient (Wildman–Crippen LogP) is 4.47. The first-order valence-electron chi connectivity index (χ1n) is 13.6. The second-order valence-corrected chi connectivity index (χ2v) is 12.0. The highest BCUT2D eigenvalue weighted by Crippen LogP contribution is 2.50. The van der Waals surface area contributed by atoms with Gasteiger partial charge in [-0.2, -0.15) is 18.2 Å². The van der Waals surface area contributed by atoms with Crippen LogP contribution in [0.3, 0.4) is 0 Å². The number of hydrogen-bond donors (Lipinski definition) is 2. The van der Waals surface area contributed by atoms with E-state index in [0.29, 0.717) is 34.3 Å². The summed E-state index contributed by atoms with van der Waals surface area (Å²) in [5.41, 5.74) is 0.812. The summed E-state index contributed by atoms with van der Waals surface area (Å²) < 4.78 is 69.0. The number of halogens is 4. The number of methoxy groups -OCH3 is 1. The van der Waals surface area contributed by atoms with Crippen molar-refractivity contribution in [2.45, 2.75) is 68.7 Å². The Morgan fingerprint density at radius 1 is 1.24 bits per heavy atom. The normalized spacial score (nSPS) is 25.0. The van der Waals surface area contributed by atoms with Crippen LogP contribution in [0.2, 0.25) is 0 Å². The zero-order valence-electron chi connectivity index (χ0n) is 22.6. The van der Waals surface area contributed by atoms with Gasteiger partial charge >= 0.3 is 6.18 Å². The van der Waals surface area contributed by atoms with E-state index in [1.807, 2.05) is 0 Å². The lowest BCUT2D eigenvalue weighted by molar-refractivity contribution is -0.174. The fourth-order valence-corrected chi connectivity index (χ4v) is 7.79. The van der Waals surface area contributed by atoms with Crippen molar-refractivity contribution in [3.63, 3.8) is 0 Å². The lowest BCUT2D eigenvalue weighted by Gasteiger charge is -2.66. The Morgan fingerprint density at radius 2 is 2.05 bits per heavy atom. The molecule has 222 valence electrons. The number of aryl methyl sites for hydroxylation is 1. The van der Waals surface area contributed by atoms with Crippen LogP contribution in [0.25, 0.3) is 20.8 Å². The summed E-state index contributed by atoms with van der Waals surface area (Å²) in [5.74, 6) is -0.356. The highest BCUT2D eigenvalue weighted by molar-refractivity contribution is 7.23. The van der Waals surface area contributed by atoms with Crippen molar-refractivity contribution in [2.24, 2.45) is 7.05 Å². The lowest BCUT2D eigenvalue weighted by atomic mass is 9.67. The molecule has 3 aromatic heterocycles. The van der Waals surface area contributed by atoms with Crippen molar-refractivity contribution < 1.29 is 31.6 Å². The summed E-state index contributed by atoms with van der Waals surface area (Å²) in [4.78, 5) is 19.4. The molecule has 42 heavy (non-hydrogen) atoms. The van der Waals surface area contributed by atoms with E-state index in [4.69, 9.17) is 9.26 Å². The summed E-state index contributed by atoms with van der Waals surface area (Å²) in [6, 6.07) is 5.44. The van der Waals surface area contributed by atoms with Gasteiger partial charge in [-0.25, -0.2) is 4.39 Å². The van der Waals surface area contributed by atoms with Crippen LogP contribution in [-0.4, -0.2) is 74.4 Å². The highest BCUT2D eigenvalue weighted by atomic mass is 32.1. The van der Waals surface area contributed by atoms with Crippen LogP contribution in [0.4, 0.5) is 23.2 Å². The smallest absolute Gasteiger partial charge is 0.393 e. The number of nitrogens with zero attached hydrogens (tertiary/aromatic N) is 5. The molecule has 2 N–H and O–H groups in total. The molecule has 7 rings (SSSR count). The van der Waals surface area contributed by atoms with E-state index in [1.54, 1.807) is 25.2 Å². The molecule has 3 aliphatic rings. The fraction of sp³-hybridized carbons (Fsp3) is 0.481. The van der Waals surface area contributed by atoms with Gasteiger partial charge < -0.3 is 19.9 Å². The summed E-state index contributed by atoms with van der Waals surface area (Å²) in [6.45, 7) is -0.157. The van der Waals surface area contributed by atoms with Gasteiger partial charge in [0.15, 0.2) is 0 Å². The average Bonchev–Trinajstić information content (AvgIpc) is 3.64. The maximum Gasteiger partial charge on any atom is 0.393 e. The molecule has 0 spiro atoms. The molecule has 1 aromatic carbocycles. The number of amides is 1. The third-order valence-electron chi connectivity index (χ3n) is 8.40. The maximum atomic E-state index is 15.4. The molecule has 1 unspecified atom stereocenters. The number of carbonyl (C=O) groups is 1. The molecule has 0 radical (unpaired) electrons. The Bertz CT molecular complexity index is 1670. The van der Waals surface area contributed by atoms with Gasteiger partial charge in [-0.15, -0.1) is 16.4 Å². The number of nitrogens with one attached hydrogen (secondary N) is 2. The lowest BCUT2D eigenvalue weighted by Crippen LogP contribution is -2.77. The first-order valence-corrected chi connectivity index (χ1v) is 14.4. The molecule has 10 nitrogen and oxygen atoms in total. The van der Waals surface area contributed by atoms with Gasteiger partial charge in [-0.05, 0) is 36.3 Å². The number of piperidine rings is 2. The number of fused-ring (bicyclic) bond motifs is 1. The predicted molar refractivity (Wildman–Crippen MR) is 145 cm³/mol. The molecular formula is C27H27F4N7O3S. The Balaban J connectivity index is 1.16. The number of thiophene rings is 1. The molecule has 0 aliphatic carbocycles. The minimum atomic E-state index is -4.49. The van der Waals surface area contributed by atoms with Crippen molar-refractivity contribution in [1.82, 2.24) is 30.1 Å². The first-order chi connectivity index (χ1) is 20.1. The highest BCUT2D eigenvalue weighted by Gasteiger charge is 2.59. The third kappa shape index (κ3) is 4.58. The van der Waals surface area contributed by atoms with E-state index >= 15 is 4.39 Å². The number of carbonyl (C=O) groups excluding carboxylic acids is 1. The van der Waals surface area contributed by atoms with Crippen molar-refractivity contribution in [1.29, 1.82) is 0 Å². The zero-order valence-corrected chi connectivity index (χ0v) is 23.4. The number of hydrogen-bond acceptors (Lipinski definition) is 9. The molecule has 3 fully saturated rings.